The monoisotopic (exact) mass is 170 g/mol. The third-order valence-electron chi connectivity index (χ3n) is 1.08. The van der Waals surface area contributed by atoms with E-state index >= 15 is 0 Å². The molecular weight excluding hydrogens is 164 g/mol. The molecule has 0 unspecified atom stereocenters. The van der Waals surface area contributed by atoms with Crippen LogP contribution in [0.15, 0.2) is 22.6 Å². The number of furan rings is 1. The predicted octanol–water partition coefficient (Wildman–Crippen LogP) is 2.54. The SMILES string of the molecule is CC(=O)C=Cc1ccc(Cl)o1. The van der Waals surface area contributed by atoms with E-state index in [1.54, 1.807) is 18.2 Å². The minimum absolute atomic E-state index is 0.0162. The summed E-state index contributed by atoms with van der Waals surface area (Å²) in [4.78, 5) is 10.5. The van der Waals surface area contributed by atoms with Gasteiger partial charge in [0.1, 0.15) is 5.76 Å². The van der Waals surface area contributed by atoms with Crippen molar-refractivity contribution in [2.24, 2.45) is 0 Å². The maximum atomic E-state index is 10.5. The highest BCUT2D eigenvalue weighted by molar-refractivity contribution is 6.28. The van der Waals surface area contributed by atoms with E-state index in [0.717, 1.165) is 0 Å². The second-order valence-corrected chi connectivity index (χ2v) is 2.46. The molecule has 0 fully saturated rings. The first-order chi connectivity index (χ1) is 5.18. The molecule has 0 radical (unpaired) electrons. The number of halogens is 1. The summed E-state index contributed by atoms with van der Waals surface area (Å²) in [6.45, 7) is 1.47. The van der Waals surface area contributed by atoms with E-state index in [0.29, 0.717) is 11.0 Å². The predicted molar refractivity (Wildman–Crippen MR) is 43.4 cm³/mol. The summed E-state index contributed by atoms with van der Waals surface area (Å²) in [6, 6.07) is 3.32. The van der Waals surface area contributed by atoms with Crippen molar-refractivity contribution >= 4 is 23.5 Å². The minimum Gasteiger partial charge on any atom is -0.445 e. The van der Waals surface area contributed by atoms with Crippen molar-refractivity contribution in [3.63, 3.8) is 0 Å². The Morgan fingerprint density at radius 1 is 1.64 bits per heavy atom. The van der Waals surface area contributed by atoms with Gasteiger partial charge in [0.15, 0.2) is 11.0 Å². The van der Waals surface area contributed by atoms with Gasteiger partial charge in [0.05, 0.1) is 0 Å². The number of ketones is 1. The van der Waals surface area contributed by atoms with Gasteiger partial charge in [-0.1, -0.05) is 0 Å². The maximum Gasteiger partial charge on any atom is 0.193 e. The Morgan fingerprint density at radius 3 is 2.82 bits per heavy atom. The van der Waals surface area contributed by atoms with Crippen molar-refractivity contribution in [3.05, 3.63) is 29.2 Å². The van der Waals surface area contributed by atoms with E-state index in [-0.39, 0.29) is 5.78 Å². The van der Waals surface area contributed by atoms with Crippen molar-refractivity contribution in [1.29, 1.82) is 0 Å². The molecule has 0 aliphatic carbocycles. The van der Waals surface area contributed by atoms with Gasteiger partial charge in [-0.3, -0.25) is 4.79 Å². The molecule has 0 aromatic carbocycles. The second-order valence-electron chi connectivity index (χ2n) is 2.09. The molecule has 0 amide bonds. The Labute approximate surface area is 69.5 Å². The summed E-state index contributed by atoms with van der Waals surface area (Å²) < 4.78 is 4.96. The van der Waals surface area contributed by atoms with Crippen LogP contribution >= 0.6 is 11.6 Å². The molecule has 1 aromatic heterocycles. The number of carbonyl (C=O) groups is 1. The highest BCUT2D eigenvalue weighted by Gasteiger charge is 1.93. The summed E-state index contributed by atoms with van der Waals surface area (Å²) >= 11 is 5.49. The molecule has 11 heavy (non-hydrogen) atoms. The smallest absolute Gasteiger partial charge is 0.193 e. The molecule has 0 saturated heterocycles. The van der Waals surface area contributed by atoms with E-state index in [9.17, 15) is 4.79 Å². The zero-order valence-corrected chi connectivity index (χ0v) is 6.76. The quantitative estimate of drug-likeness (QED) is 0.639. The van der Waals surface area contributed by atoms with Crippen LogP contribution in [0.1, 0.15) is 12.7 Å². The molecule has 58 valence electrons. The third-order valence-corrected chi connectivity index (χ3v) is 1.28. The summed E-state index contributed by atoms with van der Waals surface area (Å²) in [7, 11) is 0. The lowest BCUT2D eigenvalue weighted by Crippen LogP contribution is -1.78. The summed E-state index contributed by atoms with van der Waals surface area (Å²) in [6.07, 6.45) is 3.00. The highest BCUT2D eigenvalue weighted by atomic mass is 35.5. The number of hydrogen-bond acceptors (Lipinski definition) is 2. The van der Waals surface area contributed by atoms with Crippen molar-refractivity contribution < 1.29 is 9.21 Å². The van der Waals surface area contributed by atoms with Gasteiger partial charge >= 0.3 is 0 Å². The summed E-state index contributed by atoms with van der Waals surface area (Å²) in [5, 5.41) is 0.327. The number of carbonyl (C=O) groups excluding carboxylic acids is 1. The van der Waals surface area contributed by atoms with Crippen LogP contribution in [0, 0.1) is 0 Å². The molecule has 0 spiro atoms. The van der Waals surface area contributed by atoms with Crippen LogP contribution in [0.5, 0.6) is 0 Å². The van der Waals surface area contributed by atoms with Crippen molar-refractivity contribution in [2.75, 3.05) is 0 Å². The van der Waals surface area contributed by atoms with Gasteiger partial charge in [-0.15, -0.1) is 0 Å². The first-order valence-corrected chi connectivity index (χ1v) is 3.50. The van der Waals surface area contributed by atoms with Gasteiger partial charge in [0.25, 0.3) is 0 Å². The van der Waals surface area contributed by atoms with Crippen molar-refractivity contribution in [2.45, 2.75) is 6.92 Å². The van der Waals surface area contributed by atoms with Gasteiger partial charge < -0.3 is 4.42 Å². The topological polar surface area (TPSA) is 30.2 Å². The Morgan fingerprint density at radius 2 is 2.36 bits per heavy atom. The van der Waals surface area contributed by atoms with E-state index in [2.05, 4.69) is 0 Å². The van der Waals surface area contributed by atoms with Crippen LogP contribution in [-0.2, 0) is 4.79 Å². The zero-order chi connectivity index (χ0) is 8.27. The fraction of sp³-hybridized carbons (Fsp3) is 0.125. The summed E-state index contributed by atoms with van der Waals surface area (Å²) in [5.74, 6) is 0.572. The molecule has 0 N–H and O–H groups in total. The molecule has 1 rings (SSSR count). The van der Waals surface area contributed by atoms with Crippen LogP contribution in [0.2, 0.25) is 5.22 Å². The van der Waals surface area contributed by atoms with E-state index in [1.807, 2.05) is 0 Å². The molecule has 1 heterocycles. The molecular formula is C8H7ClO2. The zero-order valence-electron chi connectivity index (χ0n) is 6.00. The fourth-order valence-electron chi connectivity index (χ4n) is 0.617. The normalized spacial score (nSPS) is 10.7. The van der Waals surface area contributed by atoms with Gasteiger partial charge in [0, 0.05) is 0 Å². The molecule has 2 nitrogen and oxygen atoms in total. The largest absolute Gasteiger partial charge is 0.445 e. The van der Waals surface area contributed by atoms with Crippen molar-refractivity contribution in [1.82, 2.24) is 0 Å². The van der Waals surface area contributed by atoms with Crippen LogP contribution in [0.4, 0.5) is 0 Å². The highest BCUT2D eigenvalue weighted by Crippen LogP contribution is 2.13. The van der Waals surface area contributed by atoms with Crippen LogP contribution in [0.25, 0.3) is 6.08 Å². The standard InChI is InChI=1S/C8H7ClO2/c1-6(10)2-3-7-4-5-8(9)11-7/h2-5H,1H3. The van der Waals surface area contributed by atoms with Gasteiger partial charge in [-0.25, -0.2) is 0 Å². The lowest BCUT2D eigenvalue weighted by atomic mass is 10.3. The summed E-state index contributed by atoms with van der Waals surface area (Å²) in [5.41, 5.74) is 0. The molecule has 3 heteroatoms. The lowest BCUT2D eigenvalue weighted by molar-refractivity contribution is -0.112. The Balaban J connectivity index is 2.71. The number of hydrogen-bond donors (Lipinski definition) is 0. The van der Waals surface area contributed by atoms with Crippen LogP contribution in [0.3, 0.4) is 0 Å². The van der Waals surface area contributed by atoms with Crippen molar-refractivity contribution in [3.8, 4) is 0 Å². The average Bonchev–Trinajstić information content (AvgIpc) is 2.31. The first kappa shape index (κ1) is 8.08. The molecule has 0 saturated carbocycles. The Hall–Kier alpha value is -1.02. The molecule has 0 atom stereocenters. The van der Waals surface area contributed by atoms with E-state index < -0.39 is 0 Å². The third kappa shape index (κ3) is 2.60. The minimum atomic E-state index is -0.0162. The molecule has 0 aliphatic heterocycles. The van der Waals surface area contributed by atoms with E-state index in [4.69, 9.17) is 16.0 Å². The van der Waals surface area contributed by atoms with Crippen LogP contribution < -0.4 is 0 Å². The maximum absolute atomic E-state index is 10.5. The lowest BCUT2D eigenvalue weighted by Gasteiger charge is -1.81. The molecule has 0 bridgehead atoms. The molecule has 1 aromatic rings. The second kappa shape index (κ2) is 3.39. The Bertz CT molecular complexity index is 286. The number of rotatable bonds is 2. The fourth-order valence-corrected chi connectivity index (χ4v) is 0.769. The Kier molecular flexibility index (Phi) is 2.49. The van der Waals surface area contributed by atoms with E-state index in [1.165, 1.54) is 13.0 Å². The van der Waals surface area contributed by atoms with Gasteiger partial charge in [0.2, 0.25) is 0 Å². The van der Waals surface area contributed by atoms with Crippen LogP contribution in [-0.4, -0.2) is 5.78 Å². The number of allylic oxidation sites excluding steroid dienone is 1. The van der Waals surface area contributed by atoms with Gasteiger partial charge in [-0.05, 0) is 42.8 Å². The average molecular weight is 171 g/mol. The molecule has 0 aliphatic rings. The first-order valence-electron chi connectivity index (χ1n) is 3.12. The van der Waals surface area contributed by atoms with Gasteiger partial charge in [-0.2, -0.15) is 0 Å².